The van der Waals surface area contributed by atoms with Crippen LogP contribution in [-0.2, 0) is 30.5 Å². The fraction of sp³-hybridized carbons (Fsp3) is 0.492. The van der Waals surface area contributed by atoms with Crippen molar-refractivity contribution in [1.82, 2.24) is 45.2 Å². The zero-order valence-corrected chi connectivity index (χ0v) is 47.9. The maximum Gasteiger partial charge on any atom is 0.247 e. The second-order valence-corrected chi connectivity index (χ2v) is 23.3. The first-order valence-electron chi connectivity index (χ1n) is 27.8. The number of amides is 5. The number of rotatable bonds is 23. The van der Waals surface area contributed by atoms with Crippen LogP contribution in [0.5, 0.6) is 5.75 Å². The molecule has 5 N–H and O–H groups in total. The molecule has 80 heavy (non-hydrogen) atoms. The number of hydrogen-bond donors (Lipinski definition) is 5. The first kappa shape index (κ1) is 59.5. The molecule has 0 aliphatic carbocycles. The number of carbonyl (C=O) groups excluding carboxylic acids is 5. The molecule has 3 saturated heterocycles. The summed E-state index contributed by atoms with van der Waals surface area (Å²) in [6.07, 6.45) is 8.39. The number of fused-ring (bicyclic) bond motifs is 1. The average molecular weight is 1140 g/mol. The van der Waals surface area contributed by atoms with Crippen LogP contribution in [0.3, 0.4) is 0 Å². The van der Waals surface area contributed by atoms with Crippen molar-refractivity contribution in [2.75, 3.05) is 69.6 Å². The highest BCUT2D eigenvalue weighted by molar-refractivity contribution is 7.13. The molecule has 428 valence electrons. The Morgan fingerprint density at radius 1 is 0.925 bits per heavy atom. The van der Waals surface area contributed by atoms with E-state index in [0.29, 0.717) is 72.4 Å². The summed E-state index contributed by atoms with van der Waals surface area (Å²) in [5.41, 5.74) is 5.65. The second-order valence-electron chi connectivity index (χ2n) is 22.1. The van der Waals surface area contributed by atoms with Crippen LogP contribution >= 0.6 is 22.9 Å². The first-order chi connectivity index (χ1) is 38.4. The number of β-amino-alcohol motifs (C(OH)–C–C–N with tert-alkyl or cyclic N) is 1. The molecule has 0 saturated carbocycles. The van der Waals surface area contributed by atoms with E-state index in [1.807, 2.05) is 62.4 Å². The van der Waals surface area contributed by atoms with Crippen molar-refractivity contribution < 1.29 is 38.2 Å². The van der Waals surface area contributed by atoms with Gasteiger partial charge in [0.2, 0.25) is 29.5 Å². The zero-order chi connectivity index (χ0) is 56.9. The summed E-state index contributed by atoms with van der Waals surface area (Å²) in [6, 6.07) is 14.4. The summed E-state index contributed by atoms with van der Waals surface area (Å²) in [6.45, 7) is 17.8. The van der Waals surface area contributed by atoms with Gasteiger partial charge in [-0.25, -0.2) is 19.3 Å². The second kappa shape index (κ2) is 27.7. The monoisotopic (exact) mass is 1140 g/mol. The van der Waals surface area contributed by atoms with E-state index in [0.717, 1.165) is 92.9 Å². The van der Waals surface area contributed by atoms with Crippen molar-refractivity contribution >= 4 is 80.6 Å². The molecule has 0 bridgehead atoms. The Hall–Kier alpha value is -6.58. The Morgan fingerprint density at radius 3 is 2.35 bits per heavy atom. The number of aliphatic hydroxyl groups is 1. The number of ether oxygens (including phenoxy) is 1. The number of aromatic nitrogens is 3. The Morgan fingerprint density at radius 2 is 1.66 bits per heavy atom. The highest BCUT2D eigenvalue weighted by Gasteiger charge is 2.44. The Balaban J connectivity index is 0.696. The summed E-state index contributed by atoms with van der Waals surface area (Å²) >= 11 is 7.58. The molecule has 3 aliphatic rings. The van der Waals surface area contributed by atoms with Crippen molar-refractivity contribution in [3.05, 3.63) is 101 Å². The van der Waals surface area contributed by atoms with Crippen LogP contribution < -0.4 is 26.0 Å². The third kappa shape index (κ3) is 15.9. The molecule has 3 aliphatic heterocycles. The smallest absolute Gasteiger partial charge is 0.247 e. The van der Waals surface area contributed by atoms with Crippen molar-refractivity contribution in [2.45, 2.75) is 123 Å². The quantitative estimate of drug-likeness (QED) is 0.0308. The van der Waals surface area contributed by atoms with Gasteiger partial charge in [-0.2, -0.15) is 0 Å². The minimum Gasteiger partial charge on any atom is -0.491 e. The van der Waals surface area contributed by atoms with Crippen molar-refractivity contribution in [2.24, 2.45) is 5.41 Å². The predicted octanol–water partition coefficient (Wildman–Crippen LogP) is 8.25. The van der Waals surface area contributed by atoms with Crippen LogP contribution in [0.15, 0.2) is 79.1 Å². The average Bonchev–Trinajstić information content (AvgIpc) is 4.11. The van der Waals surface area contributed by atoms with Crippen LogP contribution in [-0.4, -0.2) is 152 Å². The number of thiazole rings is 1. The van der Waals surface area contributed by atoms with Crippen LogP contribution in [0.25, 0.3) is 21.3 Å². The van der Waals surface area contributed by atoms with E-state index < -0.39 is 35.3 Å². The number of piperazine rings is 1. The number of aliphatic hydroxyl groups excluding tert-OH is 1. The standard InChI is InChI=1S/C59H75ClFN11O7S/c1-6-51(74)67-48-32-44-47(63-36-64-56(44)66-41-18-19-46(61)45(60)30-41)33-50(48)79-29-11-22-69-23-20-42(21-24-69)70-25-27-71(28-26-70)53(76)13-10-8-7-9-12-52(75)68-55(59(3,4)5)58(78)72-35-43(73)31-49(72)57(77)62-34-39-14-16-40(17-15-39)54-38(2)65-37-80-54/h6,14-19,30,32-33,36-37,42-43,49,55,73H,1,7-13,20-29,31,34-35H2,2-5H3,(H,62,77)(H,67,74)(H,68,75)(H,63,64,66)/t43-,49+,55-/m1/s1. The molecule has 2 aromatic heterocycles. The molecule has 3 aromatic carbocycles. The van der Waals surface area contributed by atoms with Gasteiger partial charge in [-0.05, 0) is 99.0 Å². The first-order valence-corrected chi connectivity index (χ1v) is 29.1. The van der Waals surface area contributed by atoms with E-state index in [-0.39, 0.29) is 54.6 Å². The minimum atomic E-state index is -0.892. The molecular weight excluding hydrogens is 1060 g/mol. The van der Waals surface area contributed by atoms with Crippen molar-refractivity contribution in [3.8, 4) is 16.2 Å². The van der Waals surface area contributed by atoms with Gasteiger partial charge in [0, 0.05) is 88.3 Å². The minimum absolute atomic E-state index is 0.00857. The molecule has 5 heterocycles. The Kier molecular flexibility index (Phi) is 20.6. The molecule has 8 rings (SSSR count). The number of benzene rings is 3. The van der Waals surface area contributed by atoms with Gasteiger partial charge in [-0.15, -0.1) is 11.3 Å². The van der Waals surface area contributed by atoms with Crippen LogP contribution in [0.4, 0.5) is 21.6 Å². The van der Waals surface area contributed by atoms with Gasteiger partial charge in [-0.3, -0.25) is 28.9 Å². The zero-order valence-electron chi connectivity index (χ0n) is 46.3. The number of nitrogens with one attached hydrogen (secondary N) is 4. The lowest BCUT2D eigenvalue weighted by Gasteiger charge is -2.42. The lowest BCUT2D eigenvalue weighted by Crippen LogP contribution is -2.57. The Bertz CT molecular complexity index is 2980. The highest BCUT2D eigenvalue weighted by atomic mass is 35.5. The summed E-state index contributed by atoms with van der Waals surface area (Å²) in [5.74, 6) is -0.828. The molecule has 0 spiro atoms. The summed E-state index contributed by atoms with van der Waals surface area (Å²) in [4.78, 5) is 89.2. The maximum absolute atomic E-state index is 14.1. The molecular formula is C59H75ClFN11O7S. The molecule has 3 atom stereocenters. The van der Waals surface area contributed by atoms with Gasteiger partial charge in [0.25, 0.3) is 0 Å². The van der Waals surface area contributed by atoms with E-state index in [1.165, 1.54) is 29.4 Å². The molecule has 5 amide bonds. The van der Waals surface area contributed by atoms with E-state index in [2.05, 4.69) is 52.6 Å². The number of halogens is 2. The van der Waals surface area contributed by atoms with Crippen molar-refractivity contribution in [3.63, 3.8) is 0 Å². The fourth-order valence-electron chi connectivity index (χ4n) is 10.7. The molecule has 21 heteroatoms. The largest absolute Gasteiger partial charge is 0.491 e. The van der Waals surface area contributed by atoms with Crippen LogP contribution in [0, 0.1) is 18.2 Å². The number of piperidine rings is 1. The third-order valence-electron chi connectivity index (χ3n) is 15.2. The van der Waals surface area contributed by atoms with Crippen molar-refractivity contribution in [1.29, 1.82) is 0 Å². The summed E-state index contributed by atoms with van der Waals surface area (Å²) < 4.78 is 20.0. The topological polar surface area (TPSA) is 215 Å². The third-order valence-corrected chi connectivity index (χ3v) is 16.5. The summed E-state index contributed by atoms with van der Waals surface area (Å²) in [7, 11) is 0. The van der Waals surface area contributed by atoms with E-state index in [4.69, 9.17) is 16.3 Å². The molecule has 5 aromatic rings. The normalized spacial score (nSPS) is 17.7. The lowest BCUT2D eigenvalue weighted by molar-refractivity contribution is -0.144. The van der Waals surface area contributed by atoms with Gasteiger partial charge in [0.1, 0.15) is 35.8 Å². The van der Waals surface area contributed by atoms with Gasteiger partial charge in [0.15, 0.2) is 0 Å². The van der Waals surface area contributed by atoms with Crippen LogP contribution in [0.2, 0.25) is 5.02 Å². The number of aryl methyl sites for hydroxylation is 1. The molecule has 0 radical (unpaired) electrons. The number of anilines is 3. The number of unbranched alkanes of at least 4 members (excludes halogenated alkanes) is 3. The van der Waals surface area contributed by atoms with E-state index in [1.54, 1.807) is 29.5 Å². The number of hydrogen-bond acceptors (Lipinski definition) is 14. The number of likely N-dealkylation sites (tertiary alicyclic amines) is 2. The predicted molar refractivity (Wildman–Crippen MR) is 310 cm³/mol. The molecule has 3 fully saturated rings. The fourth-order valence-corrected chi connectivity index (χ4v) is 11.7. The maximum atomic E-state index is 14.1. The molecule has 18 nitrogen and oxygen atoms in total. The van der Waals surface area contributed by atoms with E-state index >= 15 is 0 Å². The van der Waals surface area contributed by atoms with Gasteiger partial charge < -0.3 is 45.8 Å². The van der Waals surface area contributed by atoms with Gasteiger partial charge >= 0.3 is 0 Å². The van der Waals surface area contributed by atoms with Gasteiger partial charge in [-0.1, -0.05) is 76.1 Å². The lowest BCUT2D eigenvalue weighted by atomic mass is 9.85. The van der Waals surface area contributed by atoms with Gasteiger partial charge in [0.05, 0.1) is 45.0 Å². The molecule has 0 unspecified atom stereocenters. The Labute approximate surface area is 476 Å². The van der Waals surface area contributed by atoms with Crippen LogP contribution in [0.1, 0.15) is 96.2 Å². The number of carbonyl (C=O) groups is 5. The highest BCUT2D eigenvalue weighted by Crippen LogP contribution is 2.35. The van der Waals surface area contributed by atoms with E-state index in [9.17, 15) is 33.5 Å². The SMILES string of the molecule is C=CC(=O)Nc1cc2c(Nc3ccc(F)c(Cl)c3)ncnc2cc1OCCCN1CCC(N2CCN(C(=O)CCCCCCC(=O)N[C@H](C(=O)N3C[C@H](O)C[C@H]3C(=O)NCc3ccc(-c4scnc4C)cc3)C(C)(C)C)CC2)CC1. The summed E-state index contributed by atoms with van der Waals surface area (Å²) in [5, 5.41) is 23.1. The number of nitrogens with zero attached hydrogens (tertiary/aromatic N) is 7.